The van der Waals surface area contributed by atoms with Crippen LogP contribution in [0, 0.1) is 0 Å². The Hall–Kier alpha value is -1.69. The van der Waals surface area contributed by atoms with E-state index in [1.807, 2.05) is 0 Å². The van der Waals surface area contributed by atoms with Crippen LogP contribution in [0.15, 0.2) is 25.9 Å². The standard InChI is InChI=1S/C13H16ClN5O4S2/c1-16-12(20)11(15-17(2)13(16)21)18-5-7-19(8-6-18)25(22,23)10-4-3-9(14)24-10/h3-4H,5-8H2,1-2H3. The van der Waals surface area contributed by atoms with Crippen LogP contribution in [-0.2, 0) is 24.1 Å². The minimum atomic E-state index is -3.60. The summed E-state index contributed by atoms with van der Waals surface area (Å²) in [5, 5.41) is 4.02. The minimum Gasteiger partial charge on any atom is -0.348 e. The fourth-order valence-corrected chi connectivity index (χ4v) is 5.64. The molecule has 25 heavy (non-hydrogen) atoms. The second-order valence-corrected chi connectivity index (χ2v) is 9.42. The lowest BCUT2D eigenvalue weighted by Crippen LogP contribution is -2.52. The van der Waals surface area contributed by atoms with E-state index >= 15 is 0 Å². The van der Waals surface area contributed by atoms with E-state index in [1.54, 1.807) is 11.0 Å². The van der Waals surface area contributed by atoms with Crippen LogP contribution in [0.25, 0.3) is 0 Å². The average molecular weight is 406 g/mol. The summed E-state index contributed by atoms with van der Waals surface area (Å²) in [5.74, 6) is 0.140. The van der Waals surface area contributed by atoms with Gasteiger partial charge in [-0.15, -0.1) is 16.4 Å². The molecule has 1 aliphatic heterocycles. The van der Waals surface area contributed by atoms with Crippen molar-refractivity contribution in [2.45, 2.75) is 4.21 Å². The third-order valence-electron chi connectivity index (χ3n) is 3.99. The second-order valence-electron chi connectivity index (χ2n) is 5.54. The Kier molecular flexibility index (Phi) is 4.75. The summed E-state index contributed by atoms with van der Waals surface area (Å²) in [5.41, 5.74) is -1.01. The van der Waals surface area contributed by atoms with Crippen molar-refractivity contribution >= 4 is 38.8 Å². The SMILES string of the molecule is Cn1nc(N2CCN(S(=O)(=O)c3ccc(Cl)s3)CC2)c(=O)n(C)c1=O. The van der Waals surface area contributed by atoms with E-state index in [4.69, 9.17) is 11.6 Å². The lowest BCUT2D eigenvalue weighted by Gasteiger charge is -2.33. The van der Waals surface area contributed by atoms with Crippen molar-refractivity contribution in [1.82, 2.24) is 18.7 Å². The number of sulfonamides is 1. The molecule has 0 N–H and O–H groups in total. The third kappa shape index (κ3) is 3.24. The van der Waals surface area contributed by atoms with Gasteiger partial charge in [0.25, 0.3) is 15.6 Å². The number of nitrogens with zero attached hydrogens (tertiary/aromatic N) is 5. The Labute approximate surface area is 152 Å². The minimum absolute atomic E-state index is 0.140. The zero-order valence-electron chi connectivity index (χ0n) is 13.5. The van der Waals surface area contributed by atoms with E-state index in [2.05, 4.69) is 5.10 Å². The van der Waals surface area contributed by atoms with Gasteiger partial charge in [-0.25, -0.2) is 17.9 Å². The number of piperazine rings is 1. The number of halogens is 1. The lowest BCUT2D eigenvalue weighted by atomic mass is 10.3. The molecule has 0 amide bonds. The number of rotatable bonds is 3. The molecule has 12 heteroatoms. The highest BCUT2D eigenvalue weighted by molar-refractivity contribution is 7.91. The molecule has 0 saturated carbocycles. The molecule has 3 rings (SSSR count). The summed E-state index contributed by atoms with van der Waals surface area (Å²) in [4.78, 5) is 25.6. The topological polar surface area (TPSA) is 97.5 Å². The fourth-order valence-electron chi connectivity index (χ4n) is 2.58. The van der Waals surface area contributed by atoms with Gasteiger partial charge in [0.2, 0.25) is 5.82 Å². The monoisotopic (exact) mass is 405 g/mol. The molecule has 1 fully saturated rings. The highest BCUT2D eigenvalue weighted by Gasteiger charge is 2.31. The van der Waals surface area contributed by atoms with Crippen LogP contribution in [0.2, 0.25) is 4.34 Å². The zero-order chi connectivity index (χ0) is 18.4. The van der Waals surface area contributed by atoms with Gasteiger partial charge in [-0.05, 0) is 12.1 Å². The molecule has 1 saturated heterocycles. The Morgan fingerprint density at radius 1 is 1.12 bits per heavy atom. The maximum absolute atomic E-state index is 12.6. The van der Waals surface area contributed by atoms with Crippen LogP contribution in [0.5, 0.6) is 0 Å². The van der Waals surface area contributed by atoms with E-state index in [9.17, 15) is 18.0 Å². The Balaban J connectivity index is 1.81. The van der Waals surface area contributed by atoms with Gasteiger partial charge in [-0.1, -0.05) is 11.6 Å². The Morgan fingerprint density at radius 3 is 2.32 bits per heavy atom. The molecule has 2 aromatic heterocycles. The largest absolute Gasteiger partial charge is 0.348 e. The second kappa shape index (κ2) is 6.56. The van der Waals surface area contributed by atoms with E-state index in [1.165, 1.54) is 24.5 Å². The van der Waals surface area contributed by atoms with Gasteiger partial charge < -0.3 is 4.90 Å². The van der Waals surface area contributed by atoms with Crippen molar-refractivity contribution in [1.29, 1.82) is 0 Å². The first-order valence-electron chi connectivity index (χ1n) is 7.36. The van der Waals surface area contributed by atoms with E-state index in [0.29, 0.717) is 17.4 Å². The summed E-state index contributed by atoms with van der Waals surface area (Å²) in [6, 6.07) is 3.03. The van der Waals surface area contributed by atoms with Gasteiger partial charge in [0.1, 0.15) is 4.21 Å². The molecule has 0 radical (unpaired) electrons. The molecule has 0 unspecified atom stereocenters. The molecule has 3 heterocycles. The number of thiophene rings is 1. The molecular weight excluding hydrogens is 390 g/mol. The number of aromatic nitrogens is 3. The smallest absolute Gasteiger partial charge is 0.346 e. The van der Waals surface area contributed by atoms with Gasteiger partial charge in [-0.3, -0.25) is 9.36 Å². The van der Waals surface area contributed by atoms with Crippen LogP contribution in [-0.4, -0.2) is 53.2 Å². The molecule has 0 bridgehead atoms. The third-order valence-corrected chi connectivity index (χ3v) is 7.58. The predicted molar refractivity (Wildman–Crippen MR) is 95.0 cm³/mol. The molecular formula is C13H16ClN5O4S2. The van der Waals surface area contributed by atoms with Gasteiger partial charge >= 0.3 is 5.69 Å². The first kappa shape index (κ1) is 18.1. The van der Waals surface area contributed by atoms with E-state index in [-0.39, 0.29) is 23.1 Å². The molecule has 0 atom stereocenters. The Morgan fingerprint density at radius 2 is 1.76 bits per heavy atom. The summed E-state index contributed by atoms with van der Waals surface area (Å²) >= 11 is 6.83. The predicted octanol–water partition coefficient (Wildman–Crippen LogP) is -0.295. The molecule has 9 nitrogen and oxygen atoms in total. The quantitative estimate of drug-likeness (QED) is 0.695. The van der Waals surface area contributed by atoms with Crippen molar-refractivity contribution in [3.8, 4) is 0 Å². The van der Waals surface area contributed by atoms with Crippen molar-refractivity contribution in [3.05, 3.63) is 37.3 Å². The molecule has 136 valence electrons. The van der Waals surface area contributed by atoms with E-state index < -0.39 is 21.3 Å². The summed E-state index contributed by atoms with van der Waals surface area (Å²) in [6.45, 7) is 1.04. The van der Waals surface area contributed by atoms with Crippen LogP contribution >= 0.6 is 22.9 Å². The highest BCUT2D eigenvalue weighted by Crippen LogP contribution is 2.28. The number of aryl methyl sites for hydroxylation is 1. The molecule has 2 aromatic rings. The van der Waals surface area contributed by atoms with Gasteiger partial charge in [0.05, 0.1) is 4.34 Å². The van der Waals surface area contributed by atoms with Crippen LogP contribution < -0.4 is 16.1 Å². The normalized spacial score (nSPS) is 16.4. The maximum atomic E-state index is 12.6. The number of hydrogen-bond acceptors (Lipinski definition) is 7. The Bertz CT molecular complexity index is 1020. The zero-order valence-corrected chi connectivity index (χ0v) is 15.9. The highest BCUT2D eigenvalue weighted by atomic mass is 35.5. The summed E-state index contributed by atoms with van der Waals surface area (Å²) < 4.78 is 29.2. The number of hydrogen-bond donors (Lipinski definition) is 0. The van der Waals surface area contributed by atoms with Gasteiger partial charge in [0, 0.05) is 40.3 Å². The van der Waals surface area contributed by atoms with Crippen molar-refractivity contribution in [2.75, 3.05) is 31.1 Å². The maximum Gasteiger partial charge on any atom is 0.346 e. The van der Waals surface area contributed by atoms with Crippen molar-refractivity contribution < 1.29 is 8.42 Å². The number of anilines is 1. The lowest BCUT2D eigenvalue weighted by molar-refractivity contribution is 0.382. The fraction of sp³-hybridized carbons (Fsp3) is 0.462. The first-order valence-corrected chi connectivity index (χ1v) is 10.00. The molecule has 0 aliphatic carbocycles. The van der Waals surface area contributed by atoms with Crippen LogP contribution in [0.3, 0.4) is 0 Å². The van der Waals surface area contributed by atoms with Crippen LogP contribution in [0.4, 0.5) is 5.82 Å². The first-order chi connectivity index (χ1) is 11.7. The van der Waals surface area contributed by atoms with E-state index in [0.717, 1.165) is 20.6 Å². The molecule has 0 aromatic carbocycles. The summed E-state index contributed by atoms with van der Waals surface area (Å²) in [6.07, 6.45) is 0. The molecule has 0 spiro atoms. The van der Waals surface area contributed by atoms with Crippen molar-refractivity contribution in [3.63, 3.8) is 0 Å². The molecule has 1 aliphatic rings. The average Bonchev–Trinajstić information content (AvgIpc) is 3.03. The summed E-state index contributed by atoms with van der Waals surface area (Å²) in [7, 11) is -0.747. The van der Waals surface area contributed by atoms with Crippen LogP contribution in [0.1, 0.15) is 0 Å². The van der Waals surface area contributed by atoms with Crippen molar-refractivity contribution in [2.24, 2.45) is 14.1 Å². The van der Waals surface area contributed by atoms with Gasteiger partial charge in [-0.2, -0.15) is 4.31 Å². The van der Waals surface area contributed by atoms with Gasteiger partial charge in [0.15, 0.2) is 0 Å².